The van der Waals surface area contributed by atoms with Crippen molar-refractivity contribution in [3.8, 4) is 17.2 Å². The van der Waals surface area contributed by atoms with E-state index in [0.29, 0.717) is 11.5 Å². The number of hydrogen-bond acceptors (Lipinski definition) is 4. The Bertz CT molecular complexity index is 1270. The smallest absolute Gasteiger partial charge is 0.206 e. The fourth-order valence-corrected chi connectivity index (χ4v) is 4.95. The topological polar surface area (TPSA) is 52.6 Å². The van der Waals surface area contributed by atoms with Crippen LogP contribution in [-0.4, -0.2) is 14.0 Å². The Kier molecular flexibility index (Phi) is 7.16. The molecule has 0 aliphatic rings. The molecule has 0 saturated carbocycles. The lowest BCUT2D eigenvalue weighted by Gasteiger charge is -2.26. The molecule has 0 spiro atoms. The summed E-state index contributed by atoms with van der Waals surface area (Å²) in [7, 11) is -3.62. The van der Waals surface area contributed by atoms with Crippen LogP contribution in [0.5, 0.6) is 17.2 Å². The van der Waals surface area contributed by atoms with Crippen molar-refractivity contribution in [3.63, 3.8) is 0 Å². The molecule has 0 N–H and O–H groups in total. The standard InChI is InChI=1S/C30H38O4S/c1-28(2,3)21-10-15-24(16-11-21)35(31,32)25-17-12-22(13-18-25)33-27-19-14-23(34-30(7,8)9)20-26(27)29(4,5)6/h10-20H,1-9H3. The fourth-order valence-electron chi connectivity index (χ4n) is 3.69. The summed E-state index contributed by atoms with van der Waals surface area (Å²) in [6, 6.07) is 19.5. The summed E-state index contributed by atoms with van der Waals surface area (Å²) in [6.07, 6.45) is 0. The third-order valence-electron chi connectivity index (χ3n) is 5.58. The van der Waals surface area contributed by atoms with Crippen LogP contribution in [0.4, 0.5) is 0 Å². The van der Waals surface area contributed by atoms with Gasteiger partial charge in [0, 0.05) is 5.56 Å². The Balaban J connectivity index is 1.87. The zero-order valence-electron chi connectivity index (χ0n) is 22.4. The monoisotopic (exact) mass is 494 g/mol. The Morgan fingerprint density at radius 3 is 1.54 bits per heavy atom. The predicted octanol–water partition coefficient (Wildman–Crippen LogP) is 8.08. The first kappa shape index (κ1) is 26.8. The van der Waals surface area contributed by atoms with Crippen molar-refractivity contribution in [2.45, 2.75) is 88.5 Å². The largest absolute Gasteiger partial charge is 0.488 e. The van der Waals surface area contributed by atoms with Gasteiger partial charge in [0.2, 0.25) is 9.84 Å². The molecule has 0 aromatic heterocycles. The van der Waals surface area contributed by atoms with E-state index in [1.54, 1.807) is 36.4 Å². The minimum Gasteiger partial charge on any atom is -0.488 e. The van der Waals surface area contributed by atoms with E-state index >= 15 is 0 Å². The molecule has 0 unspecified atom stereocenters. The van der Waals surface area contributed by atoms with Crippen LogP contribution in [-0.2, 0) is 20.7 Å². The van der Waals surface area contributed by atoms with Crippen LogP contribution in [0, 0.1) is 0 Å². The molecule has 3 rings (SSSR count). The van der Waals surface area contributed by atoms with Crippen LogP contribution < -0.4 is 9.47 Å². The second-order valence-electron chi connectivity index (χ2n) is 12.0. The van der Waals surface area contributed by atoms with Crippen molar-refractivity contribution < 1.29 is 17.9 Å². The van der Waals surface area contributed by atoms with E-state index in [1.165, 1.54) is 0 Å². The van der Waals surface area contributed by atoms with Gasteiger partial charge in [0.25, 0.3) is 0 Å². The fraction of sp³-hybridized carbons (Fsp3) is 0.400. The van der Waals surface area contributed by atoms with Crippen molar-refractivity contribution in [2.24, 2.45) is 0 Å². The predicted molar refractivity (Wildman–Crippen MR) is 143 cm³/mol. The highest BCUT2D eigenvalue weighted by Gasteiger charge is 2.23. The zero-order chi connectivity index (χ0) is 26.2. The van der Waals surface area contributed by atoms with Crippen molar-refractivity contribution in [1.29, 1.82) is 0 Å². The lowest BCUT2D eigenvalue weighted by Crippen LogP contribution is -2.23. The molecule has 0 aliphatic carbocycles. The van der Waals surface area contributed by atoms with E-state index in [4.69, 9.17) is 9.47 Å². The lowest BCUT2D eigenvalue weighted by atomic mass is 9.86. The molecule has 0 heterocycles. The first-order valence-corrected chi connectivity index (χ1v) is 13.4. The minimum atomic E-state index is -3.62. The van der Waals surface area contributed by atoms with E-state index in [0.717, 1.165) is 16.9 Å². The van der Waals surface area contributed by atoms with Crippen molar-refractivity contribution in [1.82, 2.24) is 0 Å². The Labute approximate surface area is 211 Å². The third kappa shape index (κ3) is 6.66. The zero-order valence-corrected chi connectivity index (χ0v) is 23.2. The van der Waals surface area contributed by atoms with Gasteiger partial charge in [0.15, 0.2) is 0 Å². The SMILES string of the molecule is CC(C)(C)Oc1ccc(Oc2ccc(S(=O)(=O)c3ccc(C(C)(C)C)cc3)cc2)c(C(C)(C)C)c1. The van der Waals surface area contributed by atoms with Gasteiger partial charge < -0.3 is 9.47 Å². The van der Waals surface area contributed by atoms with Crippen LogP contribution in [0.3, 0.4) is 0 Å². The summed E-state index contributed by atoms with van der Waals surface area (Å²) in [5.41, 5.74) is 1.59. The highest BCUT2D eigenvalue weighted by Crippen LogP contribution is 2.38. The van der Waals surface area contributed by atoms with Gasteiger partial charge in [-0.25, -0.2) is 8.42 Å². The summed E-state index contributed by atoms with van der Waals surface area (Å²) < 4.78 is 38.5. The van der Waals surface area contributed by atoms with E-state index in [-0.39, 0.29) is 26.2 Å². The third-order valence-corrected chi connectivity index (χ3v) is 7.36. The van der Waals surface area contributed by atoms with Gasteiger partial charge >= 0.3 is 0 Å². The molecular formula is C30H38O4S. The van der Waals surface area contributed by atoms with Crippen LogP contribution in [0.25, 0.3) is 0 Å². The van der Waals surface area contributed by atoms with Crippen molar-refractivity contribution in [2.75, 3.05) is 0 Å². The molecule has 0 aliphatic heterocycles. The van der Waals surface area contributed by atoms with Gasteiger partial charge in [0.05, 0.1) is 9.79 Å². The van der Waals surface area contributed by atoms with E-state index in [1.807, 2.05) is 51.1 Å². The molecule has 4 nitrogen and oxygen atoms in total. The maximum Gasteiger partial charge on any atom is 0.206 e. The molecule has 0 bridgehead atoms. The average Bonchev–Trinajstić information content (AvgIpc) is 2.73. The molecule has 3 aromatic carbocycles. The lowest BCUT2D eigenvalue weighted by molar-refractivity contribution is 0.130. The number of benzene rings is 3. The maximum absolute atomic E-state index is 13.1. The summed E-state index contributed by atoms with van der Waals surface area (Å²) in [4.78, 5) is 0.516. The van der Waals surface area contributed by atoms with Gasteiger partial charge in [-0.05, 0) is 91.8 Å². The summed E-state index contributed by atoms with van der Waals surface area (Å²) in [5, 5.41) is 0. The van der Waals surface area contributed by atoms with Crippen LogP contribution in [0.15, 0.2) is 76.5 Å². The molecule has 3 aromatic rings. The molecule has 0 saturated heterocycles. The minimum absolute atomic E-state index is 0.0374. The molecule has 0 fully saturated rings. The summed E-state index contributed by atoms with van der Waals surface area (Å²) in [5.74, 6) is 2.07. The van der Waals surface area contributed by atoms with E-state index in [2.05, 4.69) is 41.5 Å². The van der Waals surface area contributed by atoms with Crippen LogP contribution in [0.2, 0.25) is 0 Å². The number of hydrogen-bond donors (Lipinski definition) is 0. The molecule has 0 atom stereocenters. The van der Waals surface area contributed by atoms with Gasteiger partial charge in [-0.15, -0.1) is 0 Å². The van der Waals surface area contributed by atoms with Gasteiger partial charge in [-0.2, -0.15) is 0 Å². The molecule has 0 radical (unpaired) electrons. The highest BCUT2D eigenvalue weighted by atomic mass is 32.2. The van der Waals surface area contributed by atoms with Gasteiger partial charge in [-0.3, -0.25) is 0 Å². The molecular weight excluding hydrogens is 456 g/mol. The average molecular weight is 495 g/mol. The number of rotatable bonds is 5. The maximum atomic E-state index is 13.1. The molecule has 188 valence electrons. The Morgan fingerprint density at radius 2 is 1.09 bits per heavy atom. The second-order valence-corrected chi connectivity index (χ2v) is 13.9. The quantitative estimate of drug-likeness (QED) is 0.360. The molecule has 0 amide bonds. The van der Waals surface area contributed by atoms with E-state index < -0.39 is 9.84 Å². The first-order chi connectivity index (χ1) is 16.0. The Hall–Kier alpha value is -2.79. The number of sulfone groups is 1. The van der Waals surface area contributed by atoms with Gasteiger partial charge in [0.1, 0.15) is 22.8 Å². The van der Waals surface area contributed by atoms with Crippen LogP contribution >= 0.6 is 0 Å². The van der Waals surface area contributed by atoms with E-state index in [9.17, 15) is 8.42 Å². The van der Waals surface area contributed by atoms with Crippen molar-refractivity contribution >= 4 is 9.84 Å². The highest BCUT2D eigenvalue weighted by molar-refractivity contribution is 7.91. The van der Waals surface area contributed by atoms with Gasteiger partial charge in [-0.1, -0.05) is 53.7 Å². The van der Waals surface area contributed by atoms with Crippen LogP contribution in [0.1, 0.15) is 73.4 Å². The Morgan fingerprint density at radius 1 is 0.600 bits per heavy atom. The number of ether oxygens (including phenoxy) is 2. The van der Waals surface area contributed by atoms with Crippen molar-refractivity contribution in [3.05, 3.63) is 77.9 Å². The first-order valence-electron chi connectivity index (χ1n) is 11.9. The normalized spacial score (nSPS) is 12.9. The molecule has 35 heavy (non-hydrogen) atoms. The second kappa shape index (κ2) is 9.34. The molecule has 5 heteroatoms. The summed E-state index contributed by atoms with van der Waals surface area (Å²) >= 11 is 0. The summed E-state index contributed by atoms with van der Waals surface area (Å²) in [6.45, 7) is 18.7.